The van der Waals surface area contributed by atoms with Gasteiger partial charge in [0, 0.05) is 18.7 Å². The second-order valence-corrected chi connectivity index (χ2v) is 5.51. The molecule has 1 heterocycles. The number of hydrogen-bond acceptors (Lipinski definition) is 3. The van der Waals surface area contributed by atoms with Crippen LogP contribution in [0.3, 0.4) is 0 Å². The maximum atomic E-state index is 6.38. The zero-order valence-electron chi connectivity index (χ0n) is 10.3. The molecule has 2 aliphatic rings. The van der Waals surface area contributed by atoms with Crippen molar-refractivity contribution in [1.29, 1.82) is 0 Å². The molecule has 1 unspecified atom stereocenters. The molecule has 0 aromatic rings. The van der Waals surface area contributed by atoms with Gasteiger partial charge in [0.1, 0.15) is 0 Å². The van der Waals surface area contributed by atoms with Crippen LogP contribution in [0.15, 0.2) is 0 Å². The summed E-state index contributed by atoms with van der Waals surface area (Å²) in [5.41, 5.74) is 6.51. The van der Waals surface area contributed by atoms with Gasteiger partial charge in [0.05, 0.1) is 6.10 Å². The van der Waals surface area contributed by atoms with Gasteiger partial charge in [0.2, 0.25) is 0 Å². The summed E-state index contributed by atoms with van der Waals surface area (Å²) in [6.45, 7) is 3.01. The molecular formula is C13H26N2O. The second-order valence-electron chi connectivity index (χ2n) is 5.51. The van der Waals surface area contributed by atoms with E-state index in [1.807, 2.05) is 0 Å². The van der Waals surface area contributed by atoms with Crippen LogP contribution in [-0.4, -0.2) is 31.3 Å². The van der Waals surface area contributed by atoms with Gasteiger partial charge in [-0.25, -0.2) is 0 Å². The molecular weight excluding hydrogens is 200 g/mol. The average molecular weight is 226 g/mol. The van der Waals surface area contributed by atoms with Crippen LogP contribution < -0.4 is 11.1 Å². The van der Waals surface area contributed by atoms with Crippen LogP contribution in [0.5, 0.6) is 0 Å². The standard InChI is InChI=1S/C13H26N2O/c14-13(6-2-1-3-7-13)8-9-15-11-12-5-4-10-16-12/h12,15H,1-11,14H2. The Kier molecular flexibility index (Phi) is 4.62. The Bertz CT molecular complexity index is 196. The SMILES string of the molecule is NC1(CCNCC2CCCO2)CCCCC1. The summed E-state index contributed by atoms with van der Waals surface area (Å²) in [7, 11) is 0. The summed E-state index contributed by atoms with van der Waals surface area (Å²) in [5.74, 6) is 0. The summed E-state index contributed by atoms with van der Waals surface area (Å²) < 4.78 is 5.58. The molecule has 3 heteroatoms. The van der Waals surface area contributed by atoms with E-state index in [4.69, 9.17) is 10.5 Å². The third-order valence-electron chi connectivity index (χ3n) is 4.05. The van der Waals surface area contributed by atoms with E-state index in [-0.39, 0.29) is 5.54 Å². The fourth-order valence-corrected chi connectivity index (χ4v) is 2.91. The van der Waals surface area contributed by atoms with Gasteiger partial charge in [-0.05, 0) is 38.6 Å². The normalized spacial score (nSPS) is 29.4. The van der Waals surface area contributed by atoms with Crippen LogP contribution in [0, 0.1) is 0 Å². The zero-order chi connectivity index (χ0) is 11.3. The molecule has 0 spiro atoms. The molecule has 16 heavy (non-hydrogen) atoms. The van der Waals surface area contributed by atoms with Crippen molar-refractivity contribution in [2.75, 3.05) is 19.7 Å². The highest BCUT2D eigenvalue weighted by molar-refractivity contribution is 4.87. The monoisotopic (exact) mass is 226 g/mol. The molecule has 0 aromatic carbocycles. The summed E-state index contributed by atoms with van der Waals surface area (Å²) in [4.78, 5) is 0. The first-order chi connectivity index (χ1) is 7.79. The minimum Gasteiger partial charge on any atom is -0.377 e. The molecule has 0 radical (unpaired) electrons. The Labute approximate surface area is 99.1 Å². The molecule has 0 aromatic heterocycles. The molecule has 1 aliphatic heterocycles. The molecule has 1 saturated heterocycles. The maximum Gasteiger partial charge on any atom is 0.0700 e. The van der Waals surface area contributed by atoms with Crippen molar-refractivity contribution in [3.8, 4) is 0 Å². The summed E-state index contributed by atoms with van der Waals surface area (Å²) in [5, 5.41) is 3.49. The van der Waals surface area contributed by atoms with Crippen LogP contribution in [-0.2, 0) is 4.74 Å². The molecule has 94 valence electrons. The largest absolute Gasteiger partial charge is 0.377 e. The van der Waals surface area contributed by atoms with Gasteiger partial charge in [-0.3, -0.25) is 0 Å². The Morgan fingerprint density at radius 1 is 1.19 bits per heavy atom. The van der Waals surface area contributed by atoms with Gasteiger partial charge in [-0.2, -0.15) is 0 Å². The van der Waals surface area contributed by atoms with Crippen molar-refractivity contribution < 1.29 is 4.74 Å². The van der Waals surface area contributed by atoms with Crippen LogP contribution >= 0.6 is 0 Å². The molecule has 1 atom stereocenters. The van der Waals surface area contributed by atoms with E-state index in [9.17, 15) is 0 Å². The number of hydrogen-bond donors (Lipinski definition) is 2. The van der Waals surface area contributed by atoms with Gasteiger partial charge in [-0.1, -0.05) is 19.3 Å². The van der Waals surface area contributed by atoms with Gasteiger partial charge >= 0.3 is 0 Å². The van der Waals surface area contributed by atoms with Gasteiger partial charge < -0.3 is 15.8 Å². The first-order valence-corrected chi connectivity index (χ1v) is 6.90. The Morgan fingerprint density at radius 2 is 2.00 bits per heavy atom. The molecule has 1 saturated carbocycles. The van der Waals surface area contributed by atoms with Gasteiger partial charge in [0.25, 0.3) is 0 Å². The number of nitrogens with one attached hydrogen (secondary N) is 1. The summed E-state index contributed by atoms with van der Waals surface area (Å²) >= 11 is 0. The molecule has 1 aliphatic carbocycles. The summed E-state index contributed by atoms with van der Waals surface area (Å²) in [6.07, 6.45) is 10.5. The highest BCUT2D eigenvalue weighted by Gasteiger charge is 2.26. The van der Waals surface area contributed by atoms with Crippen molar-refractivity contribution in [1.82, 2.24) is 5.32 Å². The third-order valence-corrected chi connectivity index (χ3v) is 4.05. The minimum absolute atomic E-state index is 0.127. The second kappa shape index (κ2) is 5.99. The average Bonchev–Trinajstić information content (AvgIpc) is 2.78. The Hall–Kier alpha value is -0.120. The third kappa shape index (κ3) is 3.72. The lowest BCUT2D eigenvalue weighted by atomic mass is 9.80. The molecule has 2 fully saturated rings. The summed E-state index contributed by atoms with van der Waals surface area (Å²) in [6, 6.07) is 0. The topological polar surface area (TPSA) is 47.3 Å². The molecule has 3 nitrogen and oxygen atoms in total. The predicted octanol–water partition coefficient (Wildman–Crippen LogP) is 1.81. The molecule has 3 N–H and O–H groups in total. The van der Waals surface area contributed by atoms with Crippen LogP contribution in [0.25, 0.3) is 0 Å². The van der Waals surface area contributed by atoms with Crippen molar-refractivity contribution in [2.24, 2.45) is 5.73 Å². The molecule has 2 rings (SSSR count). The quantitative estimate of drug-likeness (QED) is 0.703. The van der Waals surface area contributed by atoms with Gasteiger partial charge in [-0.15, -0.1) is 0 Å². The van der Waals surface area contributed by atoms with E-state index < -0.39 is 0 Å². The smallest absolute Gasteiger partial charge is 0.0700 e. The van der Waals surface area contributed by atoms with Crippen molar-refractivity contribution in [3.05, 3.63) is 0 Å². The van der Waals surface area contributed by atoms with E-state index in [0.717, 1.165) is 26.1 Å². The van der Waals surface area contributed by atoms with E-state index in [2.05, 4.69) is 5.32 Å². The lowest BCUT2D eigenvalue weighted by molar-refractivity contribution is 0.109. The van der Waals surface area contributed by atoms with E-state index in [1.165, 1.54) is 44.9 Å². The molecule has 0 amide bonds. The zero-order valence-corrected chi connectivity index (χ0v) is 10.3. The number of rotatable bonds is 5. The van der Waals surface area contributed by atoms with Crippen LogP contribution in [0.4, 0.5) is 0 Å². The fraction of sp³-hybridized carbons (Fsp3) is 1.00. The van der Waals surface area contributed by atoms with Crippen molar-refractivity contribution in [3.63, 3.8) is 0 Å². The lowest BCUT2D eigenvalue weighted by Gasteiger charge is -2.33. The van der Waals surface area contributed by atoms with Crippen molar-refractivity contribution >= 4 is 0 Å². The maximum absolute atomic E-state index is 6.38. The number of nitrogens with two attached hydrogens (primary N) is 1. The first-order valence-electron chi connectivity index (χ1n) is 6.90. The first kappa shape index (κ1) is 12.3. The predicted molar refractivity (Wildman–Crippen MR) is 66.5 cm³/mol. The Morgan fingerprint density at radius 3 is 2.69 bits per heavy atom. The molecule has 0 bridgehead atoms. The lowest BCUT2D eigenvalue weighted by Crippen LogP contribution is -2.44. The minimum atomic E-state index is 0.127. The van der Waals surface area contributed by atoms with E-state index >= 15 is 0 Å². The van der Waals surface area contributed by atoms with E-state index in [1.54, 1.807) is 0 Å². The van der Waals surface area contributed by atoms with E-state index in [0.29, 0.717) is 6.10 Å². The van der Waals surface area contributed by atoms with Crippen molar-refractivity contribution in [2.45, 2.75) is 63.0 Å². The van der Waals surface area contributed by atoms with Crippen LogP contribution in [0.2, 0.25) is 0 Å². The number of ether oxygens (including phenoxy) is 1. The highest BCUT2D eigenvalue weighted by Crippen LogP contribution is 2.28. The van der Waals surface area contributed by atoms with Gasteiger partial charge in [0.15, 0.2) is 0 Å². The van der Waals surface area contributed by atoms with Crippen LogP contribution in [0.1, 0.15) is 51.4 Å². The highest BCUT2D eigenvalue weighted by atomic mass is 16.5. The Balaban J connectivity index is 1.56. The fourth-order valence-electron chi connectivity index (χ4n) is 2.91.